The number of aryl methyl sites for hydroxylation is 1. The Morgan fingerprint density at radius 1 is 1.29 bits per heavy atom. The van der Waals surface area contributed by atoms with Crippen LogP contribution in [-0.4, -0.2) is 55.2 Å². The van der Waals surface area contributed by atoms with Crippen molar-refractivity contribution in [3.63, 3.8) is 0 Å². The van der Waals surface area contributed by atoms with Gasteiger partial charge < -0.3 is 10.6 Å². The smallest absolute Gasteiger partial charge is 0.0369 e. The van der Waals surface area contributed by atoms with Crippen LogP contribution < -0.4 is 10.6 Å². The summed E-state index contributed by atoms with van der Waals surface area (Å²) in [5.41, 5.74) is 8.80. The largest absolute Gasteiger partial charge is 0.369 e. The average molecular weight is 305 g/mol. The molecule has 21 heavy (non-hydrogen) atoms. The molecule has 2 saturated heterocycles. The highest BCUT2D eigenvalue weighted by Gasteiger charge is 2.31. The third-order valence-corrected chi connectivity index (χ3v) is 6.09. The molecule has 0 amide bonds. The van der Waals surface area contributed by atoms with Gasteiger partial charge in [-0.1, -0.05) is 12.1 Å². The molecule has 116 valence electrons. The number of nitrogens with zero attached hydrogens (tertiary/aromatic N) is 2. The van der Waals surface area contributed by atoms with Crippen LogP contribution in [0.1, 0.15) is 12.0 Å². The lowest BCUT2D eigenvalue weighted by Gasteiger charge is -2.42. The minimum Gasteiger partial charge on any atom is -0.369 e. The van der Waals surface area contributed by atoms with E-state index in [-0.39, 0.29) is 0 Å². The zero-order valence-electron chi connectivity index (χ0n) is 13.0. The summed E-state index contributed by atoms with van der Waals surface area (Å²) in [5.74, 6) is 3.44. The number of thioether (sulfide) groups is 1. The summed E-state index contributed by atoms with van der Waals surface area (Å²) in [6.45, 7) is 7.53. The van der Waals surface area contributed by atoms with Crippen molar-refractivity contribution in [2.45, 2.75) is 19.4 Å². The number of rotatable bonds is 4. The number of benzene rings is 1. The molecular weight excluding hydrogens is 278 g/mol. The Labute approximate surface area is 132 Å². The first-order valence-corrected chi connectivity index (χ1v) is 9.27. The van der Waals surface area contributed by atoms with E-state index >= 15 is 0 Å². The topological polar surface area (TPSA) is 32.5 Å². The lowest BCUT2D eigenvalue weighted by atomic mass is 9.97. The van der Waals surface area contributed by atoms with Crippen LogP contribution in [0, 0.1) is 12.8 Å². The summed E-state index contributed by atoms with van der Waals surface area (Å²) in [5, 5.41) is 0. The Morgan fingerprint density at radius 3 is 2.71 bits per heavy atom. The van der Waals surface area contributed by atoms with Gasteiger partial charge in [0.1, 0.15) is 0 Å². The van der Waals surface area contributed by atoms with Crippen molar-refractivity contribution in [1.82, 2.24) is 4.90 Å². The molecule has 1 aromatic carbocycles. The Bertz CT molecular complexity index is 451. The van der Waals surface area contributed by atoms with E-state index in [0.29, 0.717) is 6.04 Å². The molecule has 2 heterocycles. The van der Waals surface area contributed by atoms with E-state index in [1.807, 2.05) is 0 Å². The third-order valence-electron chi connectivity index (χ3n) is 4.90. The highest BCUT2D eigenvalue weighted by molar-refractivity contribution is 7.99. The molecule has 0 radical (unpaired) electrons. The van der Waals surface area contributed by atoms with E-state index in [4.69, 9.17) is 5.73 Å². The van der Waals surface area contributed by atoms with Crippen LogP contribution >= 0.6 is 11.8 Å². The lowest BCUT2D eigenvalue weighted by Crippen LogP contribution is -2.54. The third kappa shape index (κ3) is 3.55. The average Bonchev–Trinajstić information content (AvgIpc) is 3.03. The predicted octanol–water partition coefficient (Wildman–Crippen LogP) is 2.20. The normalized spacial score (nSPS) is 25.2. The molecule has 0 bridgehead atoms. The van der Waals surface area contributed by atoms with Gasteiger partial charge in [-0.3, -0.25) is 4.90 Å². The first kappa shape index (κ1) is 15.2. The van der Waals surface area contributed by atoms with Gasteiger partial charge >= 0.3 is 0 Å². The molecule has 2 aliphatic heterocycles. The molecule has 0 aliphatic carbocycles. The molecular formula is C17H27N3S. The second kappa shape index (κ2) is 7.03. The van der Waals surface area contributed by atoms with Crippen LogP contribution in [0.4, 0.5) is 5.69 Å². The van der Waals surface area contributed by atoms with Gasteiger partial charge in [0, 0.05) is 44.5 Å². The highest BCUT2D eigenvalue weighted by Crippen LogP contribution is 2.29. The maximum absolute atomic E-state index is 6.08. The molecule has 4 heteroatoms. The van der Waals surface area contributed by atoms with Gasteiger partial charge in [0.05, 0.1) is 0 Å². The van der Waals surface area contributed by atoms with Crippen molar-refractivity contribution in [2.75, 3.05) is 49.1 Å². The van der Waals surface area contributed by atoms with E-state index in [1.165, 1.54) is 29.2 Å². The Morgan fingerprint density at radius 2 is 2.10 bits per heavy atom. The standard InChI is InChI=1S/C17H27N3S/c1-14-3-2-4-16(11-14)19-6-8-20(9-7-19)17(12-18)15-5-10-21-13-15/h2-4,11,15,17H,5-10,12-13,18H2,1H3. The van der Waals surface area contributed by atoms with Gasteiger partial charge in [-0.25, -0.2) is 0 Å². The number of piperazine rings is 1. The van der Waals surface area contributed by atoms with E-state index in [9.17, 15) is 0 Å². The second-order valence-electron chi connectivity index (χ2n) is 6.29. The molecule has 3 rings (SSSR count). The number of hydrogen-bond donors (Lipinski definition) is 1. The molecule has 0 aromatic heterocycles. The lowest BCUT2D eigenvalue weighted by molar-refractivity contribution is 0.146. The second-order valence-corrected chi connectivity index (χ2v) is 7.44. The van der Waals surface area contributed by atoms with Gasteiger partial charge in [0.25, 0.3) is 0 Å². The summed E-state index contributed by atoms with van der Waals surface area (Å²) < 4.78 is 0. The SMILES string of the molecule is Cc1cccc(N2CCN(C(CN)C3CCSC3)CC2)c1. The summed E-state index contributed by atoms with van der Waals surface area (Å²) in [6, 6.07) is 9.46. The summed E-state index contributed by atoms with van der Waals surface area (Å²) in [6.07, 6.45) is 1.35. The minimum absolute atomic E-state index is 0.597. The molecule has 2 aliphatic rings. The van der Waals surface area contributed by atoms with E-state index in [2.05, 4.69) is 52.8 Å². The van der Waals surface area contributed by atoms with Gasteiger partial charge in [0.2, 0.25) is 0 Å². The van der Waals surface area contributed by atoms with Crippen LogP contribution in [0.15, 0.2) is 24.3 Å². The van der Waals surface area contributed by atoms with Crippen molar-refractivity contribution in [3.05, 3.63) is 29.8 Å². The van der Waals surface area contributed by atoms with E-state index in [0.717, 1.165) is 38.6 Å². The van der Waals surface area contributed by atoms with Crippen LogP contribution in [0.5, 0.6) is 0 Å². The zero-order valence-corrected chi connectivity index (χ0v) is 13.8. The quantitative estimate of drug-likeness (QED) is 0.924. The monoisotopic (exact) mass is 305 g/mol. The molecule has 0 saturated carbocycles. The Kier molecular flexibility index (Phi) is 5.09. The van der Waals surface area contributed by atoms with Gasteiger partial charge in [-0.15, -0.1) is 0 Å². The maximum Gasteiger partial charge on any atom is 0.0369 e. The summed E-state index contributed by atoms with van der Waals surface area (Å²) in [7, 11) is 0. The van der Waals surface area contributed by atoms with Crippen molar-refractivity contribution < 1.29 is 0 Å². The molecule has 2 N–H and O–H groups in total. The fraction of sp³-hybridized carbons (Fsp3) is 0.647. The van der Waals surface area contributed by atoms with Crippen molar-refractivity contribution in [2.24, 2.45) is 11.7 Å². The molecule has 2 fully saturated rings. The molecule has 2 unspecified atom stereocenters. The predicted molar refractivity (Wildman–Crippen MR) is 93.2 cm³/mol. The number of nitrogens with two attached hydrogens (primary N) is 1. The van der Waals surface area contributed by atoms with Crippen LogP contribution in [0.3, 0.4) is 0 Å². The van der Waals surface area contributed by atoms with Crippen LogP contribution in [0.2, 0.25) is 0 Å². The summed E-state index contributed by atoms with van der Waals surface area (Å²) >= 11 is 2.10. The minimum atomic E-state index is 0.597. The van der Waals surface area contributed by atoms with Crippen molar-refractivity contribution >= 4 is 17.4 Å². The fourth-order valence-corrected chi connectivity index (χ4v) is 4.96. The van der Waals surface area contributed by atoms with Crippen molar-refractivity contribution in [1.29, 1.82) is 0 Å². The molecule has 0 spiro atoms. The molecule has 1 aromatic rings. The first-order chi connectivity index (χ1) is 10.3. The maximum atomic E-state index is 6.08. The number of anilines is 1. The van der Waals surface area contributed by atoms with E-state index < -0.39 is 0 Å². The van der Waals surface area contributed by atoms with Crippen LogP contribution in [0.25, 0.3) is 0 Å². The van der Waals surface area contributed by atoms with Crippen molar-refractivity contribution in [3.8, 4) is 0 Å². The molecule has 3 nitrogen and oxygen atoms in total. The van der Waals surface area contributed by atoms with Gasteiger partial charge in [-0.05, 0) is 48.5 Å². The van der Waals surface area contributed by atoms with Gasteiger partial charge in [-0.2, -0.15) is 11.8 Å². The fourth-order valence-electron chi connectivity index (χ4n) is 3.63. The zero-order chi connectivity index (χ0) is 14.7. The Balaban J connectivity index is 1.59. The Hall–Kier alpha value is -0.710. The van der Waals surface area contributed by atoms with Gasteiger partial charge in [0.15, 0.2) is 0 Å². The first-order valence-electron chi connectivity index (χ1n) is 8.11. The highest BCUT2D eigenvalue weighted by atomic mass is 32.2. The van der Waals surface area contributed by atoms with Crippen LogP contribution in [-0.2, 0) is 0 Å². The van der Waals surface area contributed by atoms with E-state index in [1.54, 1.807) is 0 Å². The molecule has 2 atom stereocenters. The number of hydrogen-bond acceptors (Lipinski definition) is 4. The summed E-state index contributed by atoms with van der Waals surface area (Å²) in [4.78, 5) is 5.16.